The Kier molecular flexibility index (Phi) is 17.0. The normalized spacial score (nSPS) is 15.8. The van der Waals surface area contributed by atoms with E-state index in [1.165, 1.54) is 18.2 Å². The van der Waals surface area contributed by atoms with Crippen LogP contribution in [0.4, 0.5) is 0 Å². The lowest BCUT2D eigenvalue weighted by Gasteiger charge is -2.28. The van der Waals surface area contributed by atoms with E-state index in [1.807, 2.05) is 39.0 Å². The molecule has 0 saturated heterocycles. The number of carbonyl (C=O) groups excluding carboxylic acids is 3. The Morgan fingerprint density at radius 2 is 1.77 bits per heavy atom. The summed E-state index contributed by atoms with van der Waals surface area (Å²) in [4.78, 5) is 34.7. The molecule has 47 heavy (non-hydrogen) atoms. The molecule has 2 aromatic rings. The molecule has 0 heterocycles. The van der Waals surface area contributed by atoms with Gasteiger partial charge in [-0.05, 0) is 88.0 Å². The number of carbonyl (C=O) groups is 3. The van der Waals surface area contributed by atoms with Gasteiger partial charge in [0.25, 0.3) is 0 Å². The Balaban J connectivity index is 0.00000117. The second kappa shape index (κ2) is 20.3. The van der Waals surface area contributed by atoms with E-state index in [9.17, 15) is 14.4 Å². The van der Waals surface area contributed by atoms with Gasteiger partial charge in [0, 0.05) is 26.7 Å². The number of amides is 1. The predicted molar refractivity (Wildman–Crippen MR) is 184 cm³/mol. The zero-order chi connectivity index (χ0) is 34.8. The lowest BCUT2D eigenvalue weighted by Crippen LogP contribution is -2.40. The molecule has 0 aliphatic heterocycles. The van der Waals surface area contributed by atoms with Crippen molar-refractivity contribution < 1.29 is 37.9 Å². The molecule has 0 bridgehead atoms. The van der Waals surface area contributed by atoms with Crippen molar-refractivity contribution in [2.24, 2.45) is 5.92 Å². The third kappa shape index (κ3) is 14.6. The molecule has 1 amide bonds. The van der Waals surface area contributed by atoms with Crippen molar-refractivity contribution in [1.29, 1.82) is 0 Å². The fourth-order valence-electron chi connectivity index (χ4n) is 4.80. The van der Waals surface area contributed by atoms with E-state index in [1.54, 1.807) is 31.2 Å². The fourth-order valence-corrected chi connectivity index (χ4v) is 4.80. The van der Waals surface area contributed by atoms with E-state index >= 15 is 0 Å². The van der Waals surface area contributed by atoms with E-state index < -0.39 is 13.1 Å². The summed E-state index contributed by atoms with van der Waals surface area (Å²) in [7, 11) is 3.98. The smallest absolute Gasteiger partial charge is 0.505 e. The standard InChI is InChI=1S/C31H39BN2O7.C5H12O/c1-23-17-29(39-16-6-13-33-22-36)18-24(2)31(23)26-8-5-7-25(19-26)21-40-28-11-9-27(10-12-28)32(38-4)41-30(37)20-34(3)14-15-35;1-5(2,3)6-4/h5,7-12,15,17-19,22-23,31H,6,13-14,16,20-21H2,1-4H3,(H,33,36);1-4H3. The Bertz CT molecular complexity index is 1320. The molecule has 2 aromatic carbocycles. The van der Waals surface area contributed by atoms with Crippen LogP contribution in [0.1, 0.15) is 58.1 Å². The highest BCUT2D eigenvalue weighted by Gasteiger charge is 2.26. The van der Waals surface area contributed by atoms with Gasteiger partial charge in [-0.15, -0.1) is 0 Å². The minimum absolute atomic E-state index is 0.0135. The van der Waals surface area contributed by atoms with E-state index in [4.69, 9.17) is 23.5 Å². The summed E-state index contributed by atoms with van der Waals surface area (Å²) < 4.78 is 27.6. The molecular formula is C36H51BN2O8. The fraction of sp³-hybridized carbons (Fsp3) is 0.472. The summed E-state index contributed by atoms with van der Waals surface area (Å²) in [5.41, 5.74) is 4.23. The summed E-state index contributed by atoms with van der Waals surface area (Å²) in [5.74, 6) is 1.57. The number of hydrogen-bond acceptors (Lipinski definition) is 9. The van der Waals surface area contributed by atoms with Gasteiger partial charge >= 0.3 is 13.1 Å². The van der Waals surface area contributed by atoms with Crippen molar-refractivity contribution in [1.82, 2.24) is 10.2 Å². The molecule has 256 valence electrons. The maximum atomic E-state index is 12.2. The number of aldehydes is 1. The first-order valence-corrected chi connectivity index (χ1v) is 15.8. The summed E-state index contributed by atoms with van der Waals surface area (Å²) in [6.07, 6.45) is 6.44. The SMILES string of the molecule is COB(OC(=O)CN(C)CC=O)c1ccc(OCc2cccc(C3C(C)=CC(OCCCNC=O)=CC3C)c2)cc1.COC(C)(C)C. The first-order valence-electron chi connectivity index (χ1n) is 15.8. The van der Waals surface area contributed by atoms with Crippen molar-refractivity contribution in [2.45, 2.75) is 59.2 Å². The van der Waals surface area contributed by atoms with Crippen LogP contribution in [0.3, 0.4) is 0 Å². The molecule has 10 nitrogen and oxygen atoms in total. The quantitative estimate of drug-likeness (QED) is 0.151. The first-order chi connectivity index (χ1) is 22.4. The van der Waals surface area contributed by atoms with Gasteiger partial charge in [-0.1, -0.05) is 48.9 Å². The molecule has 3 rings (SSSR count). The molecule has 2 atom stereocenters. The van der Waals surface area contributed by atoms with E-state index in [0.717, 1.165) is 24.0 Å². The van der Waals surface area contributed by atoms with Gasteiger partial charge in [0.1, 0.15) is 24.4 Å². The zero-order valence-corrected chi connectivity index (χ0v) is 29.1. The molecule has 0 fully saturated rings. The highest BCUT2D eigenvalue weighted by molar-refractivity contribution is 6.62. The number of rotatable bonds is 17. The molecule has 1 aliphatic carbocycles. The second-order valence-corrected chi connectivity index (χ2v) is 12.4. The number of hydrogen-bond donors (Lipinski definition) is 1. The number of benzene rings is 2. The average molecular weight is 651 g/mol. The van der Waals surface area contributed by atoms with Crippen molar-refractivity contribution in [3.8, 4) is 5.75 Å². The van der Waals surface area contributed by atoms with E-state index in [2.05, 4.69) is 49.5 Å². The van der Waals surface area contributed by atoms with Crippen LogP contribution in [-0.2, 0) is 39.8 Å². The number of likely N-dealkylation sites (N-methyl/N-ethyl adjacent to an activating group) is 1. The lowest BCUT2D eigenvalue weighted by molar-refractivity contribution is -0.136. The minimum atomic E-state index is -0.855. The van der Waals surface area contributed by atoms with Crippen molar-refractivity contribution >= 4 is 31.2 Å². The number of ether oxygens (including phenoxy) is 3. The van der Waals surface area contributed by atoms with Crippen molar-refractivity contribution in [3.05, 3.63) is 83.1 Å². The van der Waals surface area contributed by atoms with Gasteiger partial charge in [0.2, 0.25) is 6.41 Å². The molecule has 0 aromatic heterocycles. The van der Waals surface area contributed by atoms with Gasteiger partial charge in [-0.2, -0.15) is 0 Å². The molecule has 1 aliphatic rings. The van der Waals surface area contributed by atoms with Crippen LogP contribution in [0.5, 0.6) is 5.75 Å². The molecule has 11 heteroatoms. The Hall–Kier alpha value is -3.93. The minimum Gasteiger partial charge on any atom is -0.505 e. The number of nitrogens with one attached hydrogen (secondary N) is 1. The third-order valence-corrected chi connectivity index (χ3v) is 7.35. The molecular weight excluding hydrogens is 599 g/mol. The predicted octanol–water partition coefficient (Wildman–Crippen LogP) is 4.43. The highest BCUT2D eigenvalue weighted by atomic mass is 16.6. The van der Waals surface area contributed by atoms with Crippen molar-refractivity contribution in [3.63, 3.8) is 0 Å². The Morgan fingerprint density at radius 1 is 1.06 bits per heavy atom. The summed E-state index contributed by atoms with van der Waals surface area (Å²) >= 11 is 0. The van der Waals surface area contributed by atoms with Crippen LogP contribution < -0.4 is 15.5 Å². The van der Waals surface area contributed by atoms with Crippen LogP contribution in [0, 0.1) is 5.92 Å². The average Bonchev–Trinajstić information content (AvgIpc) is 3.03. The number of methoxy groups -OCH3 is 1. The van der Waals surface area contributed by atoms with Crippen LogP contribution in [-0.4, -0.2) is 83.8 Å². The highest BCUT2D eigenvalue weighted by Crippen LogP contribution is 2.37. The van der Waals surface area contributed by atoms with Gasteiger partial charge in [0.05, 0.1) is 25.3 Å². The van der Waals surface area contributed by atoms with E-state index in [-0.39, 0.29) is 30.5 Å². The molecule has 0 saturated carbocycles. The molecule has 1 N–H and O–H groups in total. The van der Waals surface area contributed by atoms with Crippen LogP contribution >= 0.6 is 0 Å². The first kappa shape index (κ1) is 39.3. The number of allylic oxidation sites excluding steroid dienone is 3. The summed E-state index contributed by atoms with van der Waals surface area (Å²) in [5, 5.41) is 2.65. The van der Waals surface area contributed by atoms with Crippen molar-refractivity contribution in [2.75, 3.05) is 47.5 Å². The molecule has 2 unspecified atom stereocenters. The van der Waals surface area contributed by atoms with Gasteiger partial charge in [-0.25, -0.2) is 0 Å². The topological polar surface area (TPSA) is 113 Å². The summed E-state index contributed by atoms with van der Waals surface area (Å²) in [6, 6.07) is 15.6. The molecule has 0 radical (unpaired) electrons. The van der Waals surface area contributed by atoms with Crippen LogP contribution in [0.15, 0.2) is 72.0 Å². The van der Waals surface area contributed by atoms with Gasteiger partial charge < -0.3 is 33.6 Å². The summed E-state index contributed by atoms with van der Waals surface area (Å²) in [6.45, 7) is 12.1. The Morgan fingerprint density at radius 3 is 2.36 bits per heavy atom. The largest absolute Gasteiger partial charge is 0.564 e. The van der Waals surface area contributed by atoms with Gasteiger partial charge in [0.15, 0.2) is 0 Å². The third-order valence-electron chi connectivity index (χ3n) is 7.35. The molecule has 0 spiro atoms. The second-order valence-electron chi connectivity index (χ2n) is 12.4. The maximum Gasteiger partial charge on any atom is 0.564 e. The zero-order valence-electron chi connectivity index (χ0n) is 29.1. The monoisotopic (exact) mass is 650 g/mol. The van der Waals surface area contributed by atoms with Crippen LogP contribution in [0.2, 0.25) is 0 Å². The number of nitrogens with zero attached hydrogens (tertiary/aromatic N) is 1. The van der Waals surface area contributed by atoms with Gasteiger partial charge in [-0.3, -0.25) is 14.5 Å². The lowest BCUT2D eigenvalue weighted by atomic mass is 9.78. The Labute approximate surface area is 280 Å². The maximum absolute atomic E-state index is 12.2. The van der Waals surface area contributed by atoms with Crippen LogP contribution in [0.25, 0.3) is 0 Å². The van der Waals surface area contributed by atoms with E-state index in [0.29, 0.717) is 37.4 Å².